The average Bonchev–Trinajstić information content (AvgIpc) is 3.21. The number of carbonyl (C=O) groups excluding carboxylic acids is 2. The molecule has 2 amide bonds. The van der Waals surface area contributed by atoms with Crippen LogP contribution in [0.15, 0.2) is 18.2 Å². The molecule has 1 aromatic carbocycles. The van der Waals surface area contributed by atoms with E-state index in [1.807, 2.05) is 32.0 Å². The maximum atomic E-state index is 12.6. The fourth-order valence-electron chi connectivity index (χ4n) is 5.05. The number of thioether (sulfide) groups is 2. The molecule has 28 heavy (non-hydrogen) atoms. The van der Waals surface area contributed by atoms with Gasteiger partial charge in [0.15, 0.2) is 6.61 Å². The van der Waals surface area contributed by atoms with Crippen molar-refractivity contribution in [1.82, 2.24) is 10.9 Å². The number of aryl methyl sites for hydroxylation is 2. The van der Waals surface area contributed by atoms with E-state index < -0.39 is 0 Å². The Morgan fingerprint density at radius 1 is 1.07 bits per heavy atom. The molecule has 0 radical (unpaired) electrons. The van der Waals surface area contributed by atoms with Crippen molar-refractivity contribution in [1.29, 1.82) is 0 Å². The number of rotatable bonds is 4. The number of hydrogen-bond donors (Lipinski definition) is 2. The van der Waals surface area contributed by atoms with Crippen molar-refractivity contribution in [2.24, 2.45) is 17.8 Å². The minimum atomic E-state index is -0.340. The lowest BCUT2D eigenvalue weighted by atomic mass is 9.79. The second-order valence-electron chi connectivity index (χ2n) is 8.10. The molecule has 1 spiro atoms. The van der Waals surface area contributed by atoms with E-state index in [1.165, 1.54) is 24.3 Å². The maximum Gasteiger partial charge on any atom is 0.276 e. The Balaban J connectivity index is 1.25. The van der Waals surface area contributed by atoms with Gasteiger partial charge in [-0.3, -0.25) is 20.4 Å². The van der Waals surface area contributed by atoms with Gasteiger partial charge in [0, 0.05) is 17.4 Å². The molecule has 7 heteroatoms. The Morgan fingerprint density at radius 3 is 2.29 bits per heavy atom. The first-order valence-electron chi connectivity index (χ1n) is 10.0. The lowest BCUT2D eigenvalue weighted by Crippen LogP contribution is -2.49. The molecule has 5 nitrogen and oxygen atoms in total. The van der Waals surface area contributed by atoms with Crippen molar-refractivity contribution in [3.63, 3.8) is 0 Å². The van der Waals surface area contributed by atoms with E-state index in [2.05, 4.69) is 34.4 Å². The predicted molar refractivity (Wildman–Crippen MR) is 114 cm³/mol. The maximum absolute atomic E-state index is 12.6. The molecule has 1 aromatic rings. The van der Waals surface area contributed by atoms with Crippen molar-refractivity contribution in [3.8, 4) is 5.75 Å². The highest BCUT2D eigenvalue weighted by molar-refractivity contribution is 8.21. The number of nitrogens with one attached hydrogen (secondary N) is 2. The summed E-state index contributed by atoms with van der Waals surface area (Å²) in [6.07, 6.45) is 4.36. The first-order chi connectivity index (χ1) is 13.5. The lowest BCUT2D eigenvalue weighted by molar-refractivity contribution is -0.133. The number of para-hydroxylation sites is 1. The molecular formula is C21H28N2O3S2. The number of carbonyl (C=O) groups is 2. The molecule has 4 rings (SSSR count). The zero-order chi connectivity index (χ0) is 19.7. The fourth-order valence-corrected chi connectivity index (χ4v) is 8.99. The van der Waals surface area contributed by atoms with Gasteiger partial charge in [-0.1, -0.05) is 18.2 Å². The molecule has 1 unspecified atom stereocenters. The van der Waals surface area contributed by atoms with Crippen LogP contribution in [0.25, 0.3) is 0 Å². The van der Waals surface area contributed by atoms with Crippen LogP contribution in [0.3, 0.4) is 0 Å². The monoisotopic (exact) mass is 420 g/mol. The van der Waals surface area contributed by atoms with E-state index >= 15 is 0 Å². The Kier molecular flexibility index (Phi) is 5.83. The van der Waals surface area contributed by atoms with Gasteiger partial charge in [0.2, 0.25) is 5.91 Å². The van der Waals surface area contributed by atoms with Gasteiger partial charge in [0.05, 0.1) is 4.08 Å². The second kappa shape index (κ2) is 8.19. The van der Waals surface area contributed by atoms with Gasteiger partial charge in [-0.05, 0) is 62.5 Å². The Labute approximate surface area is 175 Å². The van der Waals surface area contributed by atoms with E-state index in [4.69, 9.17) is 4.74 Å². The molecule has 152 valence electrons. The highest BCUT2D eigenvalue weighted by Crippen LogP contribution is 2.65. The summed E-state index contributed by atoms with van der Waals surface area (Å²) >= 11 is 4.26. The van der Waals surface area contributed by atoms with E-state index in [1.54, 1.807) is 0 Å². The molecule has 3 aliphatic rings. The normalized spacial score (nSPS) is 27.6. The van der Waals surface area contributed by atoms with Gasteiger partial charge in [-0.25, -0.2) is 0 Å². The highest BCUT2D eigenvalue weighted by Gasteiger charge is 2.57. The quantitative estimate of drug-likeness (QED) is 0.731. The number of benzene rings is 1. The average molecular weight is 421 g/mol. The van der Waals surface area contributed by atoms with Crippen molar-refractivity contribution in [2.45, 2.75) is 43.6 Å². The SMILES string of the molecule is Cc1cccc(C)c1OCC(=O)NNC(=O)C1C[C@H]2CC[C@@H](C1)C21SCCS1. The molecular weight excluding hydrogens is 392 g/mol. The van der Waals surface area contributed by atoms with Gasteiger partial charge in [0.1, 0.15) is 5.75 Å². The largest absolute Gasteiger partial charge is 0.483 e. The molecule has 2 saturated carbocycles. The molecule has 1 saturated heterocycles. The van der Waals surface area contributed by atoms with Crippen LogP contribution in [0.2, 0.25) is 0 Å². The summed E-state index contributed by atoms with van der Waals surface area (Å²) in [5.41, 5.74) is 7.14. The van der Waals surface area contributed by atoms with Crippen molar-refractivity contribution in [3.05, 3.63) is 29.3 Å². The number of ether oxygens (including phenoxy) is 1. The van der Waals surface area contributed by atoms with Crippen LogP contribution < -0.4 is 15.6 Å². The molecule has 1 aliphatic heterocycles. The van der Waals surface area contributed by atoms with Crippen molar-refractivity contribution < 1.29 is 14.3 Å². The standard InChI is InChI=1S/C21H28N2O3S2/c1-13-4-3-5-14(2)19(13)26-12-18(24)22-23-20(25)15-10-16-6-7-17(11-15)21(16)27-8-9-28-21/h3-5,15-17H,6-12H2,1-2H3,(H,22,24)(H,23,25)/t15?,16-,17+. The Morgan fingerprint density at radius 2 is 1.68 bits per heavy atom. The highest BCUT2D eigenvalue weighted by atomic mass is 32.2. The minimum Gasteiger partial charge on any atom is -0.483 e. The molecule has 0 aromatic heterocycles. The van der Waals surface area contributed by atoms with Crippen LogP contribution in [0.4, 0.5) is 0 Å². The summed E-state index contributed by atoms with van der Waals surface area (Å²) in [4.78, 5) is 24.7. The zero-order valence-corrected chi connectivity index (χ0v) is 18.1. The van der Waals surface area contributed by atoms with Crippen LogP contribution >= 0.6 is 23.5 Å². The van der Waals surface area contributed by atoms with E-state index in [-0.39, 0.29) is 24.3 Å². The van der Waals surface area contributed by atoms with Crippen LogP contribution in [0.1, 0.15) is 36.8 Å². The zero-order valence-electron chi connectivity index (χ0n) is 16.5. The lowest BCUT2D eigenvalue weighted by Gasteiger charge is -2.42. The smallest absolute Gasteiger partial charge is 0.276 e. The number of amides is 2. The first-order valence-corrected chi connectivity index (χ1v) is 12.0. The minimum absolute atomic E-state index is 0.00440. The summed E-state index contributed by atoms with van der Waals surface area (Å²) in [5.74, 6) is 4.07. The second-order valence-corrected chi connectivity index (χ2v) is 11.1. The van der Waals surface area contributed by atoms with Gasteiger partial charge >= 0.3 is 0 Å². The van der Waals surface area contributed by atoms with E-state index in [9.17, 15) is 9.59 Å². The molecule has 2 aliphatic carbocycles. The van der Waals surface area contributed by atoms with E-state index in [0.717, 1.165) is 29.7 Å². The summed E-state index contributed by atoms with van der Waals surface area (Å²) in [7, 11) is 0. The van der Waals surface area contributed by atoms with Crippen LogP contribution in [0, 0.1) is 31.6 Å². The van der Waals surface area contributed by atoms with Gasteiger partial charge in [0.25, 0.3) is 5.91 Å². The van der Waals surface area contributed by atoms with Crippen LogP contribution in [-0.4, -0.2) is 34.0 Å². The third-order valence-electron chi connectivity index (χ3n) is 6.33. The summed E-state index contributed by atoms with van der Waals surface area (Å²) in [6.45, 7) is 3.79. The van der Waals surface area contributed by atoms with Crippen molar-refractivity contribution in [2.75, 3.05) is 18.1 Å². The Hall–Kier alpha value is -1.34. The Bertz CT molecular complexity index is 728. The first kappa shape index (κ1) is 20.0. The van der Waals surface area contributed by atoms with Crippen LogP contribution in [-0.2, 0) is 9.59 Å². The van der Waals surface area contributed by atoms with Gasteiger partial charge in [-0.15, -0.1) is 23.5 Å². The molecule has 3 fully saturated rings. The third-order valence-corrected chi connectivity index (χ3v) is 10.3. The molecule has 1 heterocycles. The number of hydrazine groups is 1. The molecule has 2 N–H and O–H groups in total. The topological polar surface area (TPSA) is 67.4 Å². The molecule has 2 bridgehead atoms. The van der Waals surface area contributed by atoms with E-state index in [0.29, 0.717) is 15.9 Å². The predicted octanol–water partition coefficient (Wildman–Crippen LogP) is 3.44. The summed E-state index contributed by atoms with van der Waals surface area (Å²) in [6, 6.07) is 5.86. The van der Waals surface area contributed by atoms with Gasteiger partial charge in [-0.2, -0.15) is 0 Å². The summed E-state index contributed by atoms with van der Waals surface area (Å²) in [5, 5.41) is 0. The third kappa shape index (κ3) is 3.75. The summed E-state index contributed by atoms with van der Waals surface area (Å²) < 4.78 is 6.02. The molecule has 3 atom stereocenters. The fraction of sp³-hybridized carbons (Fsp3) is 0.619. The van der Waals surface area contributed by atoms with Crippen molar-refractivity contribution >= 4 is 35.3 Å². The van der Waals surface area contributed by atoms with Gasteiger partial charge < -0.3 is 4.74 Å². The number of hydrogen-bond acceptors (Lipinski definition) is 5. The van der Waals surface area contributed by atoms with Crippen LogP contribution in [0.5, 0.6) is 5.75 Å².